The third kappa shape index (κ3) is 5.81. The molecular formula is C24H32N2O5S. The molecule has 32 heavy (non-hydrogen) atoms. The van der Waals surface area contributed by atoms with Gasteiger partial charge in [0.25, 0.3) is 0 Å². The molecule has 2 aromatic carbocycles. The van der Waals surface area contributed by atoms with Crippen LogP contribution in [0.2, 0.25) is 0 Å². The second-order valence-corrected chi connectivity index (χ2v) is 9.89. The second-order valence-electron chi connectivity index (χ2n) is 7.95. The summed E-state index contributed by atoms with van der Waals surface area (Å²) in [5.41, 5.74) is 1.88. The maximum absolute atomic E-state index is 13.2. The predicted octanol–water partition coefficient (Wildman–Crippen LogP) is 3.16. The van der Waals surface area contributed by atoms with E-state index >= 15 is 0 Å². The molecule has 1 fully saturated rings. The highest BCUT2D eigenvalue weighted by atomic mass is 32.2. The molecule has 0 spiro atoms. The lowest BCUT2D eigenvalue weighted by molar-refractivity contribution is -0.126. The Labute approximate surface area is 190 Å². The van der Waals surface area contributed by atoms with E-state index in [9.17, 15) is 13.2 Å². The van der Waals surface area contributed by atoms with E-state index in [4.69, 9.17) is 9.47 Å². The minimum absolute atomic E-state index is 0.0960. The number of carbonyl (C=O) groups is 1. The first-order valence-corrected chi connectivity index (χ1v) is 12.4. The second kappa shape index (κ2) is 10.8. The first-order chi connectivity index (χ1) is 15.3. The van der Waals surface area contributed by atoms with Gasteiger partial charge in [-0.05, 0) is 74.6 Å². The Morgan fingerprint density at radius 1 is 1.19 bits per heavy atom. The highest BCUT2D eigenvalue weighted by Gasteiger charge is 2.33. The normalized spacial score (nSPS) is 17.0. The van der Waals surface area contributed by atoms with Gasteiger partial charge in [0.1, 0.15) is 11.5 Å². The smallest absolute Gasteiger partial charge is 0.243 e. The van der Waals surface area contributed by atoms with Gasteiger partial charge in [-0.3, -0.25) is 4.79 Å². The van der Waals surface area contributed by atoms with E-state index in [0.29, 0.717) is 44.7 Å². The van der Waals surface area contributed by atoms with Crippen LogP contribution >= 0.6 is 0 Å². The number of benzene rings is 2. The van der Waals surface area contributed by atoms with Crippen LogP contribution in [0.25, 0.3) is 0 Å². The Bertz CT molecular complexity index is 1020. The summed E-state index contributed by atoms with van der Waals surface area (Å²) in [4.78, 5) is 12.9. The zero-order valence-corrected chi connectivity index (χ0v) is 19.8. The summed E-state index contributed by atoms with van der Waals surface area (Å²) in [5.74, 6) is 1.03. The molecule has 0 bridgehead atoms. The van der Waals surface area contributed by atoms with E-state index in [1.54, 1.807) is 25.3 Å². The summed E-state index contributed by atoms with van der Waals surface area (Å²) in [6, 6.07) is 12.6. The monoisotopic (exact) mass is 460 g/mol. The Balaban J connectivity index is 1.58. The number of hydrogen-bond acceptors (Lipinski definition) is 5. The lowest BCUT2D eigenvalue weighted by Crippen LogP contribution is -2.45. The zero-order valence-electron chi connectivity index (χ0n) is 19.0. The van der Waals surface area contributed by atoms with Gasteiger partial charge in [0, 0.05) is 19.6 Å². The molecule has 174 valence electrons. The van der Waals surface area contributed by atoms with Crippen molar-refractivity contribution in [3.63, 3.8) is 0 Å². The fourth-order valence-corrected chi connectivity index (χ4v) is 5.50. The Kier molecular flexibility index (Phi) is 8.15. The van der Waals surface area contributed by atoms with Crippen molar-refractivity contribution in [1.29, 1.82) is 0 Å². The van der Waals surface area contributed by atoms with E-state index in [0.717, 1.165) is 16.9 Å². The standard InChI is InChI=1S/C24H32N2O5S/c1-4-31-23-12-11-22(16-18(23)2)32(28,29)26-15-5-6-20(17-26)24(27)25-14-13-19-7-9-21(30-3)10-8-19/h7-12,16,20H,4-6,13-15,17H2,1-3H3,(H,25,27)/t20-/m0/s1. The van der Waals surface area contributed by atoms with Gasteiger partial charge in [-0.2, -0.15) is 4.31 Å². The minimum atomic E-state index is -3.67. The minimum Gasteiger partial charge on any atom is -0.497 e. The average Bonchev–Trinajstić information content (AvgIpc) is 2.81. The summed E-state index contributed by atoms with van der Waals surface area (Å²) >= 11 is 0. The number of rotatable bonds is 9. The number of aryl methyl sites for hydroxylation is 1. The maximum atomic E-state index is 13.2. The summed E-state index contributed by atoms with van der Waals surface area (Å²) in [5, 5.41) is 2.96. The molecule has 0 unspecified atom stereocenters. The van der Waals surface area contributed by atoms with E-state index in [2.05, 4.69) is 5.32 Å². The number of amides is 1. The fourth-order valence-electron chi connectivity index (χ4n) is 3.89. The van der Waals surface area contributed by atoms with Crippen molar-refractivity contribution in [3.05, 3.63) is 53.6 Å². The van der Waals surface area contributed by atoms with Crippen LogP contribution in [0.4, 0.5) is 0 Å². The molecule has 1 N–H and O–H groups in total. The van der Waals surface area contributed by atoms with Gasteiger partial charge in [-0.25, -0.2) is 8.42 Å². The van der Waals surface area contributed by atoms with Crippen LogP contribution in [0.1, 0.15) is 30.9 Å². The van der Waals surface area contributed by atoms with E-state index in [1.165, 1.54) is 4.31 Å². The molecule has 1 atom stereocenters. The van der Waals surface area contributed by atoms with Crippen molar-refractivity contribution in [2.75, 3.05) is 33.4 Å². The summed E-state index contributed by atoms with van der Waals surface area (Å²) in [6.45, 7) is 5.37. The number of nitrogens with one attached hydrogen (secondary N) is 1. The number of nitrogens with zero attached hydrogens (tertiary/aromatic N) is 1. The summed E-state index contributed by atoms with van der Waals surface area (Å²) in [7, 11) is -2.04. The SMILES string of the molecule is CCOc1ccc(S(=O)(=O)N2CCC[C@H](C(=O)NCCc3ccc(OC)cc3)C2)cc1C. The fraction of sp³-hybridized carbons (Fsp3) is 0.458. The van der Waals surface area contributed by atoms with Crippen molar-refractivity contribution >= 4 is 15.9 Å². The van der Waals surface area contributed by atoms with Crippen LogP contribution in [0.15, 0.2) is 47.4 Å². The zero-order chi connectivity index (χ0) is 23.1. The molecule has 1 heterocycles. The number of piperidine rings is 1. The van der Waals surface area contributed by atoms with Crippen LogP contribution in [0, 0.1) is 12.8 Å². The van der Waals surface area contributed by atoms with Gasteiger partial charge in [0.2, 0.25) is 15.9 Å². The molecular weight excluding hydrogens is 428 g/mol. The average molecular weight is 461 g/mol. The topological polar surface area (TPSA) is 84.9 Å². The van der Waals surface area contributed by atoms with Crippen LogP contribution < -0.4 is 14.8 Å². The van der Waals surface area contributed by atoms with Crippen LogP contribution in [-0.4, -0.2) is 52.0 Å². The van der Waals surface area contributed by atoms with Crippen LogP contribution in [0.3, 0.4) is 0 Å². The van der Waals surface area contributed by atoms with Crippen molar-refractivity contribution in [2.45, 2.75) is 38.0 Å². The predicted molar refractivity (Wildman–Crippen MR) is 124 cm³/mol. The molecule has 7 nitrogen and oxygen atoms in total. The van der Waals surface area contributed by atoms with E-state index in [-0.39, 0.29) is 23.3 Å². The van der Waals surface area contributed by atoms with Gasteiger partial charge in [0.05, 0.1) is 24.5 Å². The number of sulfonamides is 1. The highest BCUT2D eigenvalue weighted by Crippen LogP contribution is 2.27. The first-order valence-electron chi connectivity index (χ1n) is 11.0. The first kappa shape index (κ1) is 24.1. The van der Waals surface area contributed by atoms with Crippen LogP contribution in [0.5, 0.6) is 11.5 Å². The summed E-state index contributed by atoms with van der Waals surface area (Å²) in [6.07, 6.45) is 2.05. The van der Waals surface area contributed by atoms with Crippen molar-refractivity contribution in [3.8, 4) is 11.5 Å². The highest BCUT2D eigenvalue weighted by molar-refractivity contribution is 7.89. The van der Waals surface area contributed by atoms with Gasteiger partial charge < -0.3 is 14.8 Å². The van der Waals surface area contributed by atoms with Crippen molar-refractivity contribution < 1.29 is 22.7 Å². The molecule has 8 heteroatoms. The molecule has 0 aromatic heterocycles. The van der Waals surface area contributed by atoms with Gasteiger partial charge >= 0.3 is 0 Å². The Morgan fingerprint density at radius 3 is 2.59 bits per heavy atom. The van der Waals surface area contributed by atoms with E-state index in [1.807, 2.05) is 38.1 Å². The lowest BCUT2D eigenvalue weighted by atomic mass is 9.99. The molecule has 1 aliphatic heterocycles. The van der Waals surface area contributed by atoms with Crippen molar-refractivity contribution in [2.24, 2.45) is 5.92 Å². The quantitative estimate of drug-likeness (QED) is 0.621. The number of methoxy groups -OCH3 is 1. The Hall–Kier alpha value is -2.58. The largest absolute Gasteiger partial charge is 0.497 e. The number of hydrogen-bond donors (Lipinski definition) is 1. The van der Waals surface area contributed by atoms with E-state index < -0.39 is 10.0 Å². The van der Waals surface area contributed by atoms with Gasteiger partial charge in [-0.1, -0.05) is 12.1 Å². The number of ether oxygens (including phenoxy) is 2. The van der Waals surface area contributed by atoms with Crippen LogP contribution in [-0.2, 0) is 21.2 Å². The maximum Gasteiger partial charge on any atom is 0.243 e. The molecule has 1 saturated heterocycles. The van der Waals surface area contributed by atoms with Gasteiger partial charge in [0.15, 0.2) is 0 Å². The molecule has 2 aromatic rings. The Morgan fingerprint density at radius 2 is 1.94 bits per heavy atom. The lowest BCUT2D eigenvalue weighted by Gasteiger charge is -2.31. The van der Waals surface area contributed by atoms with Gasteiger partial charge in [-0.15, -0.1) is 0 Å². The molecule has 0 saturated carbocycles. The molecule has 3 rings (SSSR count). The summed E-state index contributed by atoms with van der Waals surface area (Å²) < 4.78 is 38.4. The molecule has 1 amide bonds. The van der Waals surface area contributed by atoms with Crippen molar-refractivity contribution in [1.82, 2.24) is 9.62 Å². The number of carbonyl (C=O) groups excluding carboxylic acids is 1. The third-order valence-electron chi connectivity index (χ3n) is 5.71. The molecule has 0 radical (unpaired) electrons. The third-order valence-corrected chi connectivity index (χ3v) is 7.57. The molecule has 0 aliphatic carbocycles. The molecule has 1 aliphatic rings.